The lowest BCUT2D eigenvalue weighted by Crippen LogP contribution is -2.55. The van der Waals surface area contributed by atoms with Crippen LogP contribution in [-0.4, -0.2) is 36.4 Å². The maximum absolute atomic E-state index is 13.8. The first kappa shape index (κ1) is 31.7. The van der Waals surface area contributed by atoms with Gasteiger partial charge in [-0.05, 0) is 52.8 Å². The molecule has 0 aliphatic rings. The Morgan fingerprint density at radius 3 is 2.00 bits per heavy atom. The van der Waals surface area contributed by atoms with Gasteiger partial charge in [-0.3, -0.25) is 14.4 Å². The molecule has 2 atom stereocenters. The lowest BCUT2D eigenvalue weighted by atomic mass is 10.0. The molecule has 3 amide bonds. The van der Waals surface area contributed by atoms with Crippen molar-refractivity contribution in [3.63, 3.8) is 0 Å². The Labute approximate surface area is 260 Å². The lowest BCUT2D eigenvalue weighted by Gasteiger charge is -2.23. The molecule has 0 saturated carbocycles. The highest BCUT2D eigenvalue weighted by Gasteiger charge is 2.28. The Morgan fingerprint density at radius 1 is 0.791 bits per heavy atom. The Kier molecular flexibility index (Phi) is 11.7. The molecule has 0 fully saturated rings. The van der Waals surface area contributed by atoms with Crippen molar-refractivity contribution in [3.05, 3.63) is 122 Å². The molecule has 8 nitrogen and oxygen atoms in total. The fourth-order valence-corrected chi connectivity index (χ4v) is 5.49. The van der Waals surface area contributed by atoms with Crippen LogP contribution in [0.15, 0.2) is 90.3 Å². The molecule has 4 aromatic rings. The second-order valence-corrected chi connectivity index (χ2v) is 11.2. The number of carbonyl (C=O) groups excluding carboxylic acids is 3. The Bertz CT molecular complexity index is 1490. The standard InChI is InChI=1S/C33H35ClN4O4S/c1-2-42-26-14-12-23(13-15-26)19-29(38-33(41)30-27(34)16-17-43-30)32(40)37-28(18-22-6-4-3-5-7-22)31(39)36-21-25-10-8-24(20-35)9-11-25/h3-17,28-29H,2,18-21,35H2,1H3,(H,36,39)(H,37,40)(H,38,41)/t28-,29+/m0/s1. The minimum absolute atomic E-state index is 0.195. The number of nitrogens with two attached hydrogens (primary N) is 1. The van der Waals surface area contributed by atoms with Gasteiger partial charge in [-0.25, -0.2) is 0 Å². The van der Waals surface area contributed by atoms with Crippen molar-refractivity contribution in [3.8, 4) is 5.75 Å². The van der Waals surface area contributed by atoms with Crippen LogP contribution in [0.5, 0.6) is 5.75 Å². The summed E-state index contributed by atoms with van der Waals surface area (Å²) in [5.41, 5.74) is 9.28. The van der Waals surface area contributed by atoms with Gasteiger partial charge in [0.2, 0.25) is 11.8 Å². The number of hydrogen-bond donors (Lipinski definition) is 4. The van der Waals surface area contributed by atoms with Crippen LogP contribution in [0.1, 0.15) is 38.8 Å². The van der Waals surface area contributed by atoms with Gasteiger partial charge in [0.1, 0.15) is 22.7 Å². The zero-order valence-electron chi connectivity index (χ0n) is 23.8. The van der Waals surface area contributed by atoms with Crippen LogP contribution in [0, 0.1) is 0 Å². The van der Waals surface area contributed by atoms with E-state index in [-0.39, 0.29) is 25.3 Å². The van der Waals surface area contributed by atoms with E-state index in [1.807, 2.05) is 85.8 Å². The van der Waals surface area contributed by atoms with Gasteiger partial charge in [0.15, 0.2) is 0 Å². The van der Waals surface area contributed by atoms with E-state index in [1.165, 1.54) is 11.3 Å². The quantitative estimate of drug-likeness (QED) is 0.164. The second-order valence-electron chi connectivity index (χ2n) is 9.89. The third-order valence-electron chi connectivity index (χ3n) is 6.76. The molecule has 43 heavy (non-hydrogen) atoms. The van der Waals surface area contributed by atoms with Crippen LogP contribution in [0.2, 0.25) is 5.02 Å². The number of rotatable bonds is 14. The fraction of sp³-hybridized carbons (Fsp3) is 0.242. The van der Waals surface area contributed by atoms with Gasteiger partial charge in [-0.1, -0.05) is 78.3 Å². The molecular weight excluding hydrogens is 584 g/mol. The maximum atomic E-state index is 13.8. The van der Waals surface area contributed by atoms with E-state index < -0.39 is 23.9 Å². The monoisotopic (exact) mass is 618 g/mol. The third-order valence-corrected chi connectivity index (χ3v) is 8.10. The van der Waals surface area contributed by atoms with Crippen molar-refractivity contribution in [1.82, 2.24) is 16.0 Å². The third kappa shape index (κ3) is 9.41. The molecule has 0 unspecified atom stereocenters. The van der Waals surface area contributed by atoms with E-state index in [2.05, 4.69) is 16.0 Å². The van der Waals surface area contributed by atoms with Crippen molar-refractivity contribution < 1.29 is 19.1 Å². The topological polar surface area (TPSA) is 123 Å². The van der Waals surface area contributed by atoms with E-state index in [0.717, 1.165) is 22.3 Å². The molecule has 4 rings (SSSR count). The molecular formula is C33H35ClN4O4S. The second kappa shape index (κ2) is 15.9. The molecule has 1 heterocycles. The fourth-order valence-electron chi connectivity index (χ4n) is 4.45. The van der Waals surface area contributed by atoms with Crippen LogP contribution in [0.25, 0.3) is 0 Å². The summed E-state index contributed by atoms with van der Waals surface area (Å²) in [4.78, 5) is 40.7. The number of hydrogen-bond acceptors (Lipinski definition) is 6. The van der Waals surface area contributed by atoms with Crippen LogP contribution in [0.3, 0.4) is 0 Å². The van der Waals surface area contributed by atoms with Crippen LogP contribution in [-0.2, 0) is 35.5 Å². The van der Waals surface area contributed by atoms with Crippen molar-refractivity contribution in [1.29, 1.82) is 0 Å². The summed E-state index contributed by atoms with van der Waals surface area (Å²) in [6, 6.07) is 24.2. The summed E-state index contributed by atoms with van der Waals surface area (Å²) in [6.07, 6.45) is 0.463. The molecule has 5 N–H and O–H groups in total. The Hall–Kier alpha value is -4.18. The summed E-state index contributed by atoms with van der Waals surface area (Å²) in [5, 5.41) is 10.7. The average molecular weight is 619 g/mol. The van der Waals surface area contributed by atoms with E-state index in [9.17, 15) is 14.4 Å². The first-order chi connectivity index (χ1) is 20.9. The zero-order chi connectivity index (χ0) is 30.6. The zero-order valence-corrected chi connectivity index (χ0v) is 25.4. The molecule has 0 bridgehead atoms. The Morgan fingerprint density at radius 2 is 1.40 bits per heavy atom. The number of benzene rings is 3. The summed E-state index contributed by atoms with van der Waals surface area (Å²) in [5.74, 6) is -0.583. The number of nitrogens with one attached hydrogen (secondary N) is 3. The number of ether oxygens (including phenoxy) is 1. The molecule has 0 saturated heterocycles. The smallest absolute Gasteiger partial charge is 0.263 e. The largest absolute Gasteiger partial charge is 0.494 e. The van der Waals surface area contributed by atoms with Crippen molar-refractivity contribution in [2.75, 3.05) is 6.61 Å². The first-order valence-electron chi connectivity index (χ1n) is 14.0. The van der Waals surface area contributed by atoms with Gasteiger partial charge in [0.05, 0.1) is 11.6 Å². The minimum atomic E-state index is -0.974. The minimum Gasteiger partial charge on any atom is -0.494 e. The van der Waals surface area contributed by atoms with E-state index in [4.69, 9.17) is 22.1 Å². The molecule has 3 aromatic carbocycles. The van der Waals surface area contributed by atoms with Crippen molar-refractivity contribution in [2.45, 2.75) is 44.9 Å². The highest BCUT2D eigenvalue weighted by atomic mass is 35.5. The number of thiophene rings is 1. The molecule has 224 valence electrons. The van der Waals surface area contributed by atoms with Gasteiger partial charge in [0.25, 0.3) is 5.91 Å². The van der Waals surface area contributed by atoms with E-state index in [0.29, 0.717) is 28.8 Å². The van der Waals surface area contributed by atoms with Gasteiger partial charge in [0, 0.05) is 25.9 Å². The van der Waals surface area contributed by atoms with E-state index >= 15 is 0 Å². The Balaban J connectivity index is 1.53. The molecule has 0 aliphatic carbocycles. The molecule has 0 spiro atoms. The van der Waals surface area contributed by atoms with Gasteiger partial charge < -0.3 is 26.4 Å². The summed E-state index contributed by atoms with van der Waals surface area (Å²) in [6.45, 7) is 3.16. The van der Waals surface area contributed by atoms with E-state index in [1.54, 1.807) is 11.4 Å². The molecule has 1 aromatic heterocycles. The van der Waals surface area contributed by atoms with Crippen LogP contribution >= 0.6 is 22.9 Å². The lowest BCUT2D eigenvalue weighted by molar-refractivity contribution is -0.130. The molecule has 10 heteroatoms. The maximum Gasteiger partial charge on any atom is 0.263 e. The van der Waals surface area contributed by atoms with Crippen LogP contribution in [0.4, 0.5) is 0 Å². The normalized spacial score (nSPS) is 12.2. The number of carbonyl (C=O) groups is 3. The number of amides is 3. The molecule has 0 aliphatic heterocycles. The SMILES string of the molecule is CCOc1ccc(C[C@@H](NC(=O)c2sccc2Cl)C(=O)N[C@@H](Cc2ccccc2)C(=O)NCc2ccc(CN)cc2)cc1. The van der Waals surface area contributed by atoms with Crippen LogP contribution < -0.4 is 26.4 Å². The van der Waals surface area contributed by atoms with Gasteiger partial charge in [-0.15, -0.1) is 11.3 Å². The highest BCUT2D eigenvalue weighted by molar-refractivity contribution is 7.12. The van der Waals surface area contributed by atoms with Gasteiger partial charge >= 0.3 is 0 Å². The predicted molar refractivity (Wildman–Crippen MR) is 170 cm³/mol. The number of halogens is 1. The summed E-state index contributed by atoms with van der Waals surface area (Å²) >= 11 is 7.39. The highest BCUT2D eigenvalue weighted by Crippen LogP contribution is 2.22. The van der Waals surface area contributed by atoms with Crippen molar-refractivity contribution in [2.24, 2.45) is 5.73 Å². The first-order valence-corrected chi connectivity index (χ1v) is 15.3. The average Bonchev–Trinajstić information content (AvgIpc) is 3.46. The summed E-state index contributed by atoms with van der Waals surface area (Å²) in [7, 11) is 0. The molecule has 0 radical (unpaired) electrons. The van der Waals surface area contributed by atoms with Gasteiger partial charge in [-0.2, -0.15) is 0 Å². The predicted octanol–water partition coefficient (Wildman–Crippen LogP) is 4.64. The summed E-state index contributed by atoms with van der Waals surface area (Å²) < 4.78 is 5.53. The van der Waals surface area contributed by atoms with Crippen molar-refractivity contribution >= 4 is 40.7 Å².